The summed E-state index contributed by atoms with van der Waals surface area (Å²) >= 11 is 0. The smallest absolute Gasteiger partial charge is 0.0319 e. The fraction of sp³-hybridized carbons (Fsp3) is 1.00. The summed E-state index contributed by atoms with van der Waals surface area (Å²) in [7, 11) is 1.00. The Hall–Kier alpha value is -0.0400. The van der Waals surface area contributed by atoms with E-state index in [4.69, 9.17) is 5.11 Å². The standard InChI is InChI=1S/C14H20.CH4O/c1-7-2-12-10-4-8-5-11(9(1)10)13(3-7)14(12)6-8;1-2/h7-14H,1-6H2;2H,1H3. The molecule has 16 heavy (non-hydrogen) atoms. The number of hydrogen-bond donors (Lipinski definition) is 1. The van der Waals surface area contributed by atoms with Crippen molar-refractivity contribution in [1.82, 2.24) is 0 Å². The Bertz CT molecular complexity index is 210. The number of aliphatic hydroxyl groups is 1. The van der Waals surface area contributed by atoms with Crippen molar-refractivity contribution in [1.29, 1.82) is 0 Å². The summed E-state index contributed by atoms with van der Waals surface area (Å²) in [6.45, 7) is 0. The van der Waals surface area contributed by atoms with Crippen molar-refractivity contribution < 1.29 is 5.11 Å². The summed E-state index contributed by atoms with van der Waals surface area (Å²) in [6, 6.07) is 0. The van der Waals surface area contributed by atoms with Crippen LogP contribution in [0.15, 0.2) is 0 Å². The van der Waals surface area contributed by atoms with E-state index in [9.17, 15) is 0 Å². The Kier molecular flexibility index (Phi) is 2.02. The Morgan fingerprint density at radius 2 is 0.688 bits per heavy atom. The maximum Gasteiger partial charge on any atom is 0.0319 e. The molecule has 0 atom stereocenters. The second-order valence-electron chi connectivity index (χ2n) is 7.13. The van der Waals surface area contributed by atoms with Gasteiger partial charge in [0.15, 0.2) is 0 Å². The van der Waals surface area contributed by atoms with E-state index in [-0.39, 0.29) is 0 Å². The van der Waals surface area contributed by atoms with Crippen LogP contribution in [0.25, 0.3) is 0 Å². The molecule has 0 spiro atoms. The van der Waals surface area contributed by atoms with Crippen LogP contribution in [-0.2, 0) is 0 Å². The first-order valence-corrected chi connectivity index (χ1v) is 7.35. The first-order chi connectivity index (χ1) is 7.90. The van der Waals surface area contributed by atoms with Gasteiger partial charge in [-0.2, -0.15) is 0 Å². The van der Waals surface area contributed by atoms with Gasteiger partial charge >= 0.3 is 0 Å². The molecule has 0 aliphatic heterocycles. The van der Waals surface area contributed by atoms with Gasteiger partial charge in [-0.25, -0.2) is 0 Å². The molecule has 0 aromatic carbocycles. The van der Waals surface area contributed by atoms with Crippen LogP contribution in [-0.4, -0.2) is 12.2 Å². The number of hydrogen-bond acceptors (Lipinski definition) is 1. The van der Waals surface area contributed by atoms with Gasteiger partial charge in [-0.15, -0.1) is 0 Å². The largest absolute Gasteiger partial charge is 0.400 e. The van der Waals surface area contributed by atoms with Gasteiger partial charge in [-0.3, -0.25) is 0 Å². The lowest BCUT2D eigenvalue weighted by atomic mass is 9.36. The van der Waals surface area contributed by atoms with Crippen LogP contribution >= 0.6 is 0 Å². The Morgan fingerprint density at radius 3 is 0.875 bits per heavy atom. The molecule has 0 amide bonds. The minimum absolute atomic E-state index is 1.00. The average Bonchev–Trinajstić information content (AvgIpc) is 2.37. The number of aliphatic hydroxyl groups excluding tert-OH is 1. The lowest BCUT2D eigenvalue weighted by Gasteiger charge is -2.69. The fourth-order valence-corrected chi connectivity index (χ4v) is 6.89. The van der Waals surface area contributed by atoms with Crippen LogP contribution in [0.1, 0.15) is 38.5 Å². The summed E-state index contributed by atoms with van der Waals surface area (Å²) in [4.78, 5) is 0. The van der Waals surface area contributed by atoms with Crippen LogP contribution in [0, 0.1) is 47.3 Å². The Balaban J connectivity index is 0.000000345. The van der Waals surface area contributed by atoms with E-state index in [1.54, 1.807) is 38.5 Å². The van der Waals surface area contributed by atoms with Crippen molar-refractivity contribution in [2.75, 3.05) is 7.11 Å². The van der Waals surface area contributed by atoms with Gasteiger partial charge in [0.25, 0.3) is 0 Å². The second-order valence-corrected chi connectivity index (χ2v) is 7.13. The molecular formula is C15H24O. The van der Waals surface area contributed by atoms with E-state index < -0.39 is 0 Å². The molecule has 8 bridgehead atoms. The van der Waals surface area contributed by atoms with Gasteiger partial charge < -0.3 is 5.11 Å². The van der Waals surface area contributed by atoms with E-state index >= 15 is 0 Å². The van der Waals surface area contributed by atoms with E-state index in [1.165, 1.54) is 47.3 Å². The summed E-state index contributed by atoms with van der Waals surface area (Å²) in [5.41, 5.74) is 0. The molecule has 0 saturated heterocycles. The molecule has 7 fully saturated rings. The maximum absolute atomic E-state index is 7.00. The molecule has 0 heterocycles. The predicted octanol–water partition coefficient (Wildman–Crippen LogP) is 2.93. The van der Waals surface area contributed by atoms with Crippen LogP contribution in [0.4, 0.5) is 0 Å². The lowest BCUT2D eigenvalue weighted by molar-refractivity contribution is -0.202. The van der Waals surface area contributed by atoms with Crippen molar-refractivity contribution in [3.8, 4) is 0 Å². The first kappa shape index (κ1) is 9.94. The zero-order valence-corrected chi connectivity index (χ0v) is 10.3. The minimum atomic E-state index is 1.00. The molecule has 7 aliphatic rings. The third kappa shape index (κ3) is 1.02. The summed E-state index contributed by atoms with van der Waals surface area (Å²) in [5, 5.41) is 7.00. The predicted molar refractivity (Wildman–Crippen MR) is 63.8 cm³/mol. The summed E-state index contributed by atoms with van der Waals surface area (Å²) in [6.07, 6.45) is 9.93. The highest BCUT2D eigenvalue weighted by Gasteiger charge is 2.63. The van der Waals surface area contributed by atoms with Crippen LogP contribution in [0.2, 0.25) is 0 Å². The third-order valence-electron chi connectivity index (χ3n) is 6.93. The van der Waals surface area contributed by atoms with Gasteiger partial charge in [-0.1, -0.05) is 0 Å². The van der Waals surface area contributed by atoms with Crippen LogP contribution in [0.5, 0.6) is 0 Å². The van der Waals surface area contributed by atoms with Crippen molar-refractivity contribution >= 4 is 0 Å². The highest BCUT2D eigenvalue weighted by atomic mass is 16.2. The molecule has 1 nitrogen and oxygen atoms in total. The highest BCUT2D eigenvalue weighted by molar-refractivity contribution is 5.12. The van der Waals surface area contributed by atoms with Crippen molar-refractivity contribution in [2.24, 2.45) is 47.3 Å². The van der Waals surface area contributed by atoms with Gasteiger partial charge in [0.05, 0.1) is 0 Å². The van der Waals surface area contributed by atoms with E-state index in [0.29, 0.717) is 0 Å². The molecule has 0 unspecified atom stereocenters. The average molecular weight is 220 g/mol. The maximum atomic E-state index is 7.00. The van der Waals surface area contributed by atoms with Crippen molar-refractivity contribution in [3.63, 3.8) is 0 Å². The molecule has 7 aliphatic carbocycles. The van der Waals surface area contributed by atoms with Gasteiger partial charge in [0.1, 0.15) is 0 Å². The normalized spacial score (nSPS) is 63.4. The molecular weight excluding hydrogens is 196 g/mol. The van der Waals surface area contributed by atoms with Crippen molar-refractivity contribution in [2.45, 2.75) is 38.5 Å². The van der Waals surface area contributed by atoms with Crippen LogP contribution < -0.4 is 0 Å². The van der Waals surface area contributed by atoms with E-state index in [0.717, 1.165) is 7.11 Å². The minimum Gasteiger partial charge on any atom is -0.400 e. The zero-order chi connectivity index (χ0) is 10.9. The first-order valence-electron chi connectivity index (χ1n) is 7.35. The quantitative estimate of drug-likeness (QED) is 0.665. The lowest BCUT2D eigenvalue weighted by Crippen LogP contribution is -2.62. The monoisotopic (exact) mass is 220 g/mol. The molecule has 1 heteroatoms. The second kappa shape index (κ2) is 3.25. The zero-order valence-electron chi connectivity index (χ0n) is 10.3. The fourth-order valence-electron chi connectivity index (χ4n) is 6.89. The summed E-state index contributed by atoms with van der Waals surface area (Å²) in [5.74, 6) is 9.74. The Labute approximate surface area is 98.6 Å². The molecule has 0 radical (unpaired) electrons. The van der Waals surface area contributed by atoms with Gasteiger partial charge in [0.2, 0.25) is 0 Å². The SMILES string of the molecule is C1C2CC3C4CC5CC(C14)C(C2)C3C5.CO. The summed E-state index contributed by atoms with van der Waals surface area (Å²) < 4.78 is 0. The van der Waals surface area contributed by atoms with Gasteiger partial charge in [-0.05, 0) is 85.9 Å². The molecule has 0 aromatic heterocycles. The van der Waals surface area contributed by atoms with E-state index in [2.05, 4.69) is 0 Å². The van der Waals surface area contributed by atoms with Crippen LogP contribution in [0.3, 0.4) is 0 Å². The number of rotatable bonds is 0. The molecule has 90 valence electrons. The van der Waals surface area contributed by atoms with E-state index in [1.807, 2.05) is 0 Å². The molecule has 0 aromatic rings. The Morgan fingerprint density at radius 1 is 0.500 bits per heavy atom. The van der Waals surface area contributed by atoms with Gasteiger partial charge in [0, 0.05) is 7.11 Å². The molecule has 7 saturated carbocycles. The highest BCUT2D eigenvalue weighted by Crippen LogP contribution is 2.71. The third-order valence-corrected chi connectivity index (χ3v) is 6.93. The van der Waals surface area contributed by atoms with Crippen molar-refractivity contribution in [3.05, 3.63) is 0 Å². The molecule has 1 N–H and O–H groups in total. The topological polar surface area (TPSA) is 20.2 Å². The molecule has 7 rings (SSSR count).